The van der Waals surface area contributed by atoms with E-state index in [0.717, 1.165) is 34.6 Å². The van der Waals surface area contributed by atoms with E-state index in [-0.39, 0.29) is 0 Å². The average Bonchev–Trinajstić information content (AvgIpc) is 2.99. The first-order chi connectivity index (χ1) is 14.6. The van der Waals surface area contributed by atoms with Gasteiger partial charge in [-0.1, -0.05) is 48.0 Å². The van der Waals surface area contributed by atoms with E-state index in [1.165, 1.54) is 22.4 Å². The molecule has 0 unspecified atom stereocenters. The number of aryl methyl sites for hydroxylation is 2. The van der Waals surface area contributed by atoms with Crippen molar-refractivity contribution in [2.24, 2.45) is 0 Å². The van der Waals surface area contributed by atoms with Crippen molar-refractivity contribution in [3.05, 3.63) is 88.7 Å². The minimum absolute atomic E-state index is 0.447. The molecule has 0 fully saturated rings. The second-order valence-electron chi connectivity index (χ2n) is 7.62. The number of fused-ring (bicyclic) bond motifs is 1. The van der Waals surface area contributed by atoms with E-state index >= 15 is 0 Å². The summed E-state index contributed by atoms with van der Waals surface area (Å²) >= 11 is 0. The molecule has 0 amide bonds. The molecule has 0 N–H and O–H groups in total. The Balaban J connectivity index is 1.71. The summed E-state index contributed by atoms with van der Waals surface area (Å²) in [4.78, 5) is 4.66. The first kappa shape index (κ1) is 20.0. The highest BCUT2D eigenvalue weighted by Crippen LogP contribution is 2.32. The van der Waals surface area contributed by atoms with Crippen LogP contribution in [0.2, 0.25) is 0 Å². The van der Waals surface area contributed by atoms with Crippen LogP contribution in [0.15, 0.2) is 60.8 Å². The van der Waals surface area contributed by atoms with Crippen LogP contribution < -0.4 is 9.47 Å². The molecule has 154 valence electrons. The van der Waals surface area contributed by atoms with Gasteiger partial charge in [-0.05, 0) is 44.9 Å². The highest BCUT2D eigenvalue weighted by Gasteiger charge is 2.17. The Kier molecular flexibility index (Phi) is 5.75. The molecule has 0 atom stereocenters. The van der Waals surface area contributed by atoms with E-state index in [2.05, 4.69) is 54.6 Å². The van der Waals surface area contributed by atoms with Gasteiger partial charge in [0, 0.05) is 30.1 Å². The zero-order chi connectivity index (χ0) is 21.1. The monoisotopic (exact) mass is 400 g/mol. The molecule has 0 spiro atoms. The third kappa shape index (κ3) is 3.90. The standard InChI is InChI=1S/C26H28N2O2/c1-5-29-23-12-7-6-11-22(23)17-30-24-13-14-27-25-19(3)20(4)28(26(24)25)16-21-10-8-9-18(2)15-21/h6-15H,5,16-17H2,1-4H3. The summed E-state index contributed by atoms with van der Waals surface area (Å²) in [5.74, 6) is 1.71. The number of para-hydroxylation sites is 1. The Bertz CT molecular complexity index is 1180. The fourth-order valence-electron chi connectivity index (χ4n) is 3.90. The van der Waals surface area contributed by atoms with Crippen molar-refractivity contribution in [3.63, 3.8) is 0 Å². The second kappa shape index (κ2) is 8.62. The fraction of sp³-hybridized carbons (Fsp3) is 0.269. The van der Waals surface area contributed by atoms with Crippen LogP contribution in [0.3, 0.4) is 0 Å². The van der Waals surface area contributed by atoms with E-state index in [0.29, 0.717) is 13.2 Å². The molecule has 0 radical (unpaired) electrons. The van der Waals surface area contributed by atoms with Gasteiger partial charge in [-0.15, -0.1) is 0 Å². The van der Waals surface area contributed by atoms with E-state index < -0.39 is 0 Å². The van der Waals surface area contributed by atoms with Crippen molar-refractivity contribution in [1.29, 1.82) is 0 Å². The lowest BCUT2D eigenvalue weighted by Crippen LogP contribution is -2.05. The Morgan fingerprint density at radius 3 is 2.53 bits per heavy atom. The van der Waals surface area contributed by atoms with E-state index in [1.807, 2.05) is 43.5 Å². The van der Waals surface area contributed by atoms with Crippen LogP contribution in [0, 0.1) is 20.8 Å². The summed E-state index contributed by atoms with van der Waals surface area (Å²) in [5, 5.41) is 0. The molecule has 4 heteroatoms. The smallest absolute Gasteiger partial charge is 0.147 e. The SMILES string of the molecule is CCOc1ccccc1COc1ccnc2c(C)c(C)n(Cc3cccc(C)c3)c12. The largest absolute Gasteiger partial charge is 0.493 e. The van der Waals surface area contributed by atoms with Crippen molar-refractivity contribution in [3.8, 4) is 11.5 Å². The average molecular weight is 401 g/mol. The lowest BCUT2D eigenvalue weighted by molar-refractivity contribution is 0.288. The van der Waals surface area contributed by atoms with Crippen LogP contribution in [0.5, 0.6) is 11.5 Å². The van der Waals surface area contributed by atoms with Gasteiger partial charge in [0.2, 0.25) is 0 Å². The first-order valence-electron chi connectivity index (χ1n) is 10.4. The molecule has 4 rings (SSSR count). The van der Waals surface area contributed by atoms with Crippen molar-refractivity contribution in [1.82, 2.24) is 9.55 Å². The van der Waals surface area contributed by atoms with Crippen molar-refractivity contribution in [2.75, 3.05) is 6.61 Å². The van der Waals surface area contributed by atoms with Gasteiger partial charge in [-0.3, -0.25) is 4.98 Å². The van der Waals surface area contributed by atoms with Gasteiger partial charge in [0.25, 0.3) is 0 Å². The Hall–Kier alpha value is -3.27. The van der Waals surface area contributed by atoms with Crippen LogP contribution in [-0.4, -0.2) is 16.2 Å². The normalized spacial score (nSPS) is 11.1. The molecular weight excluding hydrogens is 372 g/mol. The molecule has 0 aliphatic heterocycles. The number of aromatic nitrogens is 2. The zero-order valence-electron chi connectivity index (χ0n) is 18.1. The highest BCUT2D eigenvalue weighted by atomic mass is 16.5. The number of pyridine rings is 1. The van der Waals surface area contributed by atoms with Gasteiger partial charge in [-0.25, -0.2) is 0 Å². The molecular formula is C26H28N2O2. The van der Waals surface area contributed by atoms with Gasteiger partial charge in [0.15, 0.2) is 0 Å². The predicted molar refractivity (Wildman–Crippen MR) is 121 cm³/mol. The van der Waals surface area contributed by atoms with Crippen LogP contribution in [0.25, 0.3) is 11.0 Å². The van der Waals surface area contributed by atoms with Gasteiger partial charge >= 0.3 is 0 Å². The maximum Gasteiger partial charge on any atom is 0.147 e. The number of nitrogens with zero attached hydrogens (tertiary/aromatic N) is 2. The molecule has 4 aromatic rings. The molecule has 0 bridgehead atoms. The van der Waals surface area contributed by atoms with Gasteiger partial charge in [-0.2, -0.15) is 0 Å². The van der Waals surface area contributed by atoms with Crippen LogP contribution in [0.4, 0.5) is 0 Å². The van der Waals surface area contributed by atoms with Crippen molar-refractivity contribution in [2.45, 2.75) is 40.8 Å². The lowest BCUT2D eigenvalue weighted by atomic mass is 10.1. The van der Waals surface area contributed by atoms with Crippen LogP contribution in [0.1, 0.15) is 34.9 Å². The van der Waals surface area contributed by atoms with E-state index in [9.17, 15) is 0 Å². The second-order valence-corrected chi connectivity index (χ2v) is 7.62. The third-order valence-electron chi connectivity index (χ3n) is 5.54. The Labute approximate surface area is 178 Å². The molecule has 4 nitrogen and oxygen atoms in total. The molecule has 0 aliphatic carbocycles. The number of rotatable bonds is 7. The quantitative estimate of drug-likeness (QED) is 0.382. The number of hydrogen-bond donors (Lipinski definition) is 0. The lowest BCUT2D eigenvalue weighted by Gasteiger charge is -2.14. The van der Waals surface area contributed by atoms with Gasteiger partial charge in [0.1, 0.15) is 23.6 Å². The molecule has 2 aromatic heterocycles. The Morgan fingerprint density at radius 2 is 1.73 bits per heavy atom. The van der Waals surface area contributed by atoms with Crippen molar-refractivity contribution < 1.29 is 9.47 Å². The summed E-state index contributed by atoms with van der Waals surface area (Å²) < 4.78 is 14.4. The van der Waals surface area contributed by atoms with E-state index in [1.54, 1.807) is 0 Å². The number of hydrogen-bond acceptors (Lipinski definition) is 3. The summed E-state index contributed by atoms with van der Waals surface area (Å²) in [5.41, 5.74) is 8.02. The molecule has 30 heavy (non-hydrogen) atoms. The van der Waals surface area contributed by atoms with Crippen LogP contribution in [-0.2, 0) is 13.2 Å². The predicted octanol–water partition coefficient (Wildman–Crippen LogP) is 5.99. The highest BCUT2D eigenvalue weighted by molar-refractivity contribution is 5.86. The van der Waals surface area contributed by atoms with Gasteiger partial charge < -0.3 is 14.0 Å². The fourth-order valence-corrected chi connectivity index (χ4v) is 3.90. The number of benzene rings is 2. The summed E-state index contributed by atoms with van der Waals surface area (Å²) in [6.45, 7) is 10.3. The number of ether oxygens (including phenoxy) is 2. The van der Waals surface area contributed by atoms with Crippen molar-refractivity contribution >= 4 is 11.0 Å². The first-order valence-corrected chi connectivity index (χ1v) is 10.4. The topological polar surface area (TPSA) is 36.3 Å². The summed E-state index contributed by atoms with van der Waals surface area (Å²) in [6, 6.07) is 18.6. The Morgan fingerprint density at radius 1 is 0.900 bits per heavy atom. The molecule has 0 saturated heterocycles. The minimum Gasteiger partial charge on any atom is -0.493 e. The maximum atomic E-state index is 6.32. The summed E-state index contributed by atoms with van der Waals surface area (Å²) in [7, 11) is 0. The maximum absolute atomic E-state index is 6.32. The molecule has 2 heterocycles. The van der Waals surface area contributed by atoms with Crippen LogP contribution >= 0.6 is 0 Å². The minimum atomic E-state index is 0.447. The van der Waals surface area contributed by atoms with E-state index in [4.69, 9.17) is 9.47 Å². The summed E-state index contributed by atoms with van der Waals surface area (Å²) in [6.07, 6.45) is 1.83. The zero-order valence-corrected chi connectivity index (χ0v) is 18.1. The molecule has 0 saturated carbocycles. The molecule has 0 aliphatic rings. The van der Waals surface area contributed by atoms with Gasteiger partial charge in [0.05, 0.1) is 12.1 Å². The molecule has 2 aromatic carbocycles. The third-order valence-corrected chi connectivity index (χ3v) is 5.54.